The van der Waals surface area contributed by atoms with Crippen molar-refractivity contribution >= 4 is 28.4 Å². The van der Waals surface area contributed by atoms with E-state index in [4.69, 9.17) is 9.84 Å². The molecule has 2 heterocycles. The summed E-state index contributed by atoms with van der Waals surface area (Å²) < 4.78 is 5.14. The van der Waals surface area contributed by atoms with Gasteiger partial charge in [-0.2, -0.15) is 0 Å². The number of nitrogens with one attached hydrogen (secondary N) is 1. The highest BCUT2D eigenvalue weighted by molar-refractivity contribution is 6.18. The Hall–Kier alpha value is -2.93. The largest absolute Gasteiger partial charge is 0.495 e. The molecule has 2 amide bonds. The van der Waals surface area contributed by atoms with E-state index in [-0.39, 0.29) is 18.8 Å². The number of carbonyl (C=O) groups is 2. The number of methoxy groups -OCH3 is 1. The molecule has 1 aromatic carbocycles. The lowest BCUT2D eigenvalue weighted by atomic mass is 10.2. The number of carbonyl (C=O) groups excluding carboxylic acids is 2. The van der Waals surface area contributed by atoms with Gasteiger partial charge in [-0.25, -0.2) is 0 Å². The first kappa shape index (κ1) is 15.0. The fourth-order valence-corrected chi connectivity index (χ4v) is 2.41. The number of hydrogen-bond acceptors (Lipinski definition) is 6. The van der Waals surface area contributed by atoms with Crippen molar-refractivity contribution in [2.75, 3.05) is 25.6 Å². The van der Waals surface area contributed by atoms with Crippen LogP contribution in [0.5, 0.6) is 5.75 Å². The van der Waals surface area contributed by atoms with Crippen LogP contribution in [-0.4, -0.2) is 47.1 Å². The fraction of sp³-hybridized carbons (Fsp3) is 0.188. The molecule has 7 nitrogen and oxygen atoms in total. The number of benzene rings is 1. The number of anilines is 1. The number of aliphatic hydroxyl groups is 1. The lowest BCUT2D eigenvalue weighted by molar-refractivity contribution is -0.137. The molecule has 2 N–H and O–H groups in total. The summed E-state index contributed by atoms with van der Waals surface area (Å²) >= 11 is 0. The van der Waals surface area contributed by atoms with E-state index < -0.39 is 11.8 Å². The maximum absolute atomic E-state index is 12.2. The van der Waals surface area contributed by atoms with E-state index in [0.717, 1.165) is 10.3 Å². The summed E-state index contributed by atoms with van der Waals surface area (Å²) in [6.45, 7) is -0.293. The first-order valence-corrected chi connectivity index (χ1v) is 7.02. The van der Waals surface area contributed by atoms with Crippen molar-refractivity contribution in [1.82, 2.24) is 9.88 Å². The smallest absolute Gasteiger partial charge is 0.277 e. The van der Waals surface area contributed by atoms with Gasteiger partial charge in [-0.3, -0.25) is 19.5 Å². The normalized spacial score (nSPS) is 14.3. The zero-order chi connectivity index (χ0) is 16.4. The Balaban J connectivity index is 1.92. The molecule has 0 radical (unpaired) electrons. The molecular weight excluding hydrogens is 298 g/mol. The fourth-order valence-electron chi connectivity index (χ4n) is 2.41. The number of pyridine rings is 1. The van der Waals surface area contributed by atoms with Crippen molar-refractivity contribution in [1.29, 1.82) is 0 Å². The van der Waals surface area contributed by atoms with Crippen molar-refractivity contribution in [3.63, 3.8) is 0 Å². The number of aromatic nitrogens is 1. The van der Waals surface area contributed by atoms with Gasteiger partial charge < -0.3 is 15.2 Å². The van der Waals surface area contributed by atoms with Gasteiger partial charge >= 0.3 is 0 Å². The van der Waals surface area contributed by atoms with Crippen LogP contribution >= 0.6 is 0 Å². The lowest BCUT2D eigenvalue weighted by Crippen LogP contribution is -2.34. The highest BCUT2D eigenvalue weighted by Crippen LogP contribution is 2.26. The average molecular weight is 313 g/mol. The molecule has 1 aliphatic rings. The van der Waals surface area contributed by atoms with E-state index >= 15 is 0 Å². The minimum absolute atomic E-state index is 0.0235. The summed E-state index contributed by atoms with van der Waals surface area (Å²) in [5.74, 6) is -0.272. The molecule has 0 spiro atoms. The second-order valence-electron chi connectivity index (χ2n) is 4.95. The predicted octanol–water partition coefficient (Wildman–Crippen LogP) is 0.900. The first-order chi connectivity index (χ1) is 11.1. The van der Waals surface area contributed by atoms with Crippen molar-refractivity contribution in [3.8, 4) is 5.75 Å². The molecule has 0 aliphatic carbocycles. The van der Waals surface area contributed by atoms with Gasteiger partial charge in [0.15, 0.2) is 0 Å². The SMILES string of the molecule is COc1cnc2c(NC3=CC(=O)N(CCO)C3=O)cccc2c1. The third-order valence-electron chi connectivity index (χ3n) is 3.52. The molecule has 0 saturated heterocycles. The van der Waals surface area contributed by atoms with Gasteiger partial charge in [-0.05, 0) is 12.1 Å². The maximum Gasteiger partial charge on any atom is 0.277 e. The van der Waals surface area contributed by atoms with Crippen LogP contribution in [0.1, 0.15) is 0 Å². The molecule has 1 aromatic heterocycles. The van der Waals surface area contributed by atoms with E-state index in [1.165, 1.54) is 6.08 Å². The standard InChI is InChI=1S/C16H15N3O4/c1-23-11-7-10-3-2-4-12(15(10)17-9-11)18-13-8-14(21)19(5-6-20)16(13)22/h2-4,7-9,18,20H,5-6H2,1H3. The molecule has 0 unspecified atom stereocenters. The van der Waals surface area contributed by atoms with E-state index in [2.05, 4.69) is 10.3 Å². The van der Waals surface area contributed by atoms with Gasteiger partial charge in [-0.15, -0.1) is 0 Å². The quantitative estimate of drug-likeness (QED) is 0.797. The molecule has 0 fully saturated rings. The third-order valence-corrected chi connectivity index (χ3v) is 3.52. The number of imide groups is 1. The van der Waals surface area contributed by atoms with E-state index in [1.54, 1.807) is 19.4 Å². The second kappa shape index (κ2) is 6.05. The number of ether oxygens (including phenoxy) is 1. The Morgan fingerprint density at radius 1 is 1.35 bits per heavy atom. The van der Waals surface area contributed by atoms with Gasteiger partial charge in [0.05, 0.1) is 37.7 Å². The molecule has 7 heteroatoms. The van der Waals surface area contributed by atoms with Crippen LogP contribution in [0.25, 0.3) is 10.9 Å². The topological polar surface area (TPSA) is 91.8 Å². The highest BCUT2D eigenvalue weighted by atomic mass is 16.5. The highest BCUT2D eigenvalue weighted by Gasteiger charge is 2.30. The first-order valence-electron chi connectivity index (χ1n) is 7.02. The van der Waals surface area contributed by atoms with Crippen molar-refractivity contribution in [2.24, 2.45) is 0 Å². The van der Waals surface area contributed by atoms with Crippen LogP contribution in [-0.2, 0) is 9.59 Å². The molecular formula is C16H15N3O4. The molecule has 0 atom stereocenters. The monoisotopic (exact) mass is 313 g/mol. The zero-order valence-electron chi connectivity index (χ0n) is 12.4. The summed E-state index contributed by atoms with van der Waals surface area (Å²) in [4.78, 5) is 29.3. The van der Waals surface area contributed by atoms with E-state index in [1.807, 2.05) is 18.2 Å². The van der Waals surface area contributed by atoms with E-state index in [0.29, 0.717) is 17.0 Å². The minimum Gasteiger partial charge on any atom is -0.495 e. The summed E-state index contributed by atoms with van der Waals surface area (Å²) in [5, 5.41) is 12.7. The Kier molecular flexibility index (Phi) is 3.94. The number of β-amino-alcohol motifs (C(OH)–C–C–N with tert-alkyl or cyclic N) is 1. The van der Waals surface area contributed by atoms with Gasteiger partial charge in [0.2, 0.25) is 0 Å². The number of aliphatic hydroxyl groups excluding tert-OH is 1. The molecule has 2 aromatic rings. The third kappa shape index (κ3) is 2.74. The lowest BCUT2D eigenvalue weighted by Gasteiger charge is -2.14. The number of fused-ring (bicyclic) bond motifs is 1. The Labute approximate surface area is 132 Å². The Morgan fingerprint density at radius 3 is 2.91 bits per heavy atom. The number of hydrogen-bond donors (Lipinski definition) is 2. The van der Waals surface area contributed by atoms with Gasteiger partial charge in [0.25, 0.3) is 11.8 Å². The summed E-state index contributed by atoms with van der Waals surface area (Å²) in [6.07, 6.45) is 2.81. The summed E-state index contributed by atoms with van der Waals surface area (Å²) in [7, 11) is 1.56. The van der Waals surface area contributed by atoms with Crippen molar-refractivity contribution < 1.29 is 19.4 Å². The van der Waals surface area contributed by atoms with Crippen molar-refractivity contribution in [3.05, 3.63) is 42.2 Å². The Morgan fingerprint density at radius 2 is 2.17 bits per heavy atom. The van der Waals surface area contributed by atoms with Gasteiger partial charge in [-0.1, -0.05) is 12.1 Å². The van der Waals surface area contributed by atoms with Crippen LogP contribution in [0, 0.1) is 0 Å². The molecule has 1 aliphatic heterocycles. The second-order valence-corrected chi connectivity index (χ2v) is 4.95. The number of nitrogens with zero attached hydrogens (tertiary/aromatic N) is 2. The van der Waals surface area contributed by atoms with Crippen LogP contribution in [0.4, 0.5) is 5.69 Å². The van der Waals surface area contributed by atoms with E-state index in [9.17, 15) is 9.59 Å². The Bertz CT molecular complexity index is 816. The van der Waals surface area contributed by atoms with Crippen LogP contribution in [0.15, 0.2) is 42.2 Å². The summed E-state index contributed by atoms with van der Waals surface area (Å²) in [6, 6.07) is 7.31. The molecule has 23 heavy (non-hydrogen) atoms. The van der Waals surface area contributed by atoms with Crippen LogP contribution < -0.4 is 10.1 Å². The van der Waals surface area contributed by atoms with Gasteiger partial charge in [0, 0.05) is 11.5 Å². The molecule has 0 saturated carbocycles. The molecule has 0 bridgehead atoms. The minimum atomic E-state index is -0.463. The maximum atomic E-state index is 12.2. The van der Waals surface area contributed by atoms with Crippen molar-refractivity contribution in [2.45, 2.75) is 0 Å². The number of para-hydroxylation sites is 1. The average Bonchev–Trinajstić information content (AvgIpc) is 2.82. The van der Waals surface area contributed by atoms with Crippen LogP contribution in [0.2, 0.25) is 0 Å². The van der Waals surface area contributed by atoms with Crippen LogP contribution in [0.3, 0.4) is 0 Å². The zero-order valence-corrected chi connectivity index (χ0v) is 12.4. The number of amides is 2. The number of rotatable bonds is 5. The molecule has 118 valence electrons. The van der Waals surface area contributed by atoms with Gasteiger partial charge in [0.1, 0.15) is 11.4 Å². The summed E-state index contributed by atoms with van der Waals surface area (Å²) in [5.41, 5.74) is 1.44. The molecule has 3 rings (SSSR count). The predicted molar refractivity (Wildman–Crippen MR) is 83.8 cm³/mol.